The lowest BCUT2D eigenvalue weighted by Crippen LogP contribution is -2.49. The molecule has 0 aromatic heterocycles. The molecule has 0 fully saturated rings. The SMILES string of the molecule is CC(NCCCC(F)(F)F)C(=O)NC(C)(C)C. The van der Waals surface area contributed by atoms with E-state index in [1.54, 1.807) is 6.92 Å². The van der Waals surface area contributed by atoms with Crippen molar-refractivity contribution < 1.29 is 18.0 Å². The van der Waals surface area contributed by atoms with Gasteiger partial charge in [0.2, 0.25) is 5.91 Å². The summed E-state index contributed by atoms with van der Waals surface area (Å²) in [6.07, 6.45) is -4.97. The van der Waals surface area contributed by atoms with Crippen molar-refractivity contribution in [3.8, 4) is 0 Å². The summed E-state index contributed by atoms with van der Waals surface area (Å²) in [6, 6.07) is -0.484. The Morgan fingerprint density at radius 3 is 2.18 bits per heavy atom. The van der Waals surface area contributed by atoms with Crippen molar-refractivity contribution in [2.75, 3.05) is 6.54 Å². The highest BCUT2D eigenvalue weighted by molar-refractivity contribution is 5.81. The van der Waals surface area contributed by atoms with Crippen LogP contribution in [-0.4, -0.2) is 30.2 Å². The van der Waals surface area contributed by atoms with Gasteiger partial charge in [0.1, 0.15) is 0 Å². The van der Waals surface area contributed by atoms with Crippen LogP contribution in [-0.2, 0) is 4.79 Å². The molecule has 1 atom stereocenters. The predicted octanol–water partition coefficient (Wildman–Crippen LogP) is 2.22. The first kappa shape index (κ1) is 16.2. The first-order chi connectivity index (χ1) is 7.51. The molecule has 3 nitrogen and oxygen atoms in total. The van der Waals surface area contributed by atoms with Crippen molar-refractivity contribution in [2.45, 2.75) is 58.3 Å². The van der Waals surface area contributed by atoms with E-state index in [1.165, 1.54) is 0 Å². The Kier molecular flexibility index (Phi) is 5.95. The lowest BCUT2D eigenvalue weighted by atomic mass is 10.1. The zero-order valence-corrected chi connectivity index (χ0v) is 10.7. The molecule has 0 saturated carbocycles. The highest BCUT2D eigenvalue weighted by Gasteiger charge is 2.26. The third-order valence-electron chi connectivity index (χ3n) is 1.98. The number of hydrogen-bond donors (Lipinski definition) is 2. The fraction of sp³-hybridized carbons (Fsp3) is 0.909. The molecule has 0 rings (SSSR count). The van der Waals surface area contributed by atoms with Crippen LogP contribution in [0.3, 0.4) is 0 Å². The minimum Gasteiger partial charge on any atom is -0.350 e. The summed E-state index contributed by atoms with van der Waals surface area (Å²) < 4.78 is 35.6. The molecule has 1 amide bonds. The van der Waals surface area contributed by atoms with Crippen LogP contribution >= 0.6 is 0 Å². The first-order valence-corrected chi connectivity index (χ1v) is 5.63. The van der Waals surface area contributed by atoms with Crippen molar-refractivity contribution in [3.63, 3.8) is 0 Å². The Hall–Kier alpha value is -0.780. The monoisotopic (exact) mass is 254 g/mol. The van der Waals surface area contributed by atoms with Gasteiger partial charge in [0, 0.05) is 12.0 Å². The summed E-state index contributed by atoms with van der Waals surface area (Å²) in [5, 5.41) is 5.52. The van der Waals surface area contributed by atoms with E-state index in [9.17, 15) is 18.0 Å². The molecule has 1 unspecified atom stereocenters. The minimum absolute atomic E-state index is 0.0172. The number of carbonyl (C=O) groups excluding carboxylic acids is 1. The summed E-state index contributed by atoms with van der Waals surface area (Å²) in [7, 11) is 0. The van der Waals surface area contributed by atoms with Crippen molar-refractivity contribution in [1.82, 2.24) is 10.6 Å². The third kappa shape index (κ3) is 10.1. The molecule has 0 aliphatic carbocycles. The first-order valence-electron chi connectivity index (χ1n) is 5.63. The quantitative estimate of drug-likeness (QED) is 0.739. The van der Waals surface area contributed by atoms with E-state index in [1.807, 2.05) is 20.8 Å². The van der Waals surface area contributed by atoms with Gasteiger partial charge >= 0.3 is 6.18 Å². The summed E-state index contributed by atoms with van der Waals surface area (Å²) in [5.41, 5.74) is -0.334. The highest BCUT2D eigenvalue weighted by atomic mass is 19.4. The second-order valence-electron chi connectivity index (χ2n) is 5.13. The molecular weight excluding hydrogens is 233 g/mol. The van der Waals surface area contributed by atoms with Gasteiger partial charge in [0.05, 0.1) is 6.04 Å². The Bertz CT molecular complexity index is 246. The van der Waals surface area contributed by atoms with E-state index in [0.29, 0.717) is 0 Å². The molecule has 0 bridgehead atoms. The molecule has 6 heteroatoms. The van der Waals surface area contributed by atoms with E-state index >= 15 is 0 Å². The fourth-order valence-corrected chi connectivity index (χ4v) is 1.18. The van der Waals surface area contributed by atoms with Crippen LogP contribution in [0.4, 0.5) is 13.2 Å². The van der Waals surface area contributed by atoms with Gasteiger partial charge in [-0.1, -0.05) is 0 Å². The van der Waals surface area contributed by atoms with E-state index in [2.05, 4.69) is 10.6 Å². The van der Waals surface area contributed by atoms with Crippen LogP contribution in [0.5, 0.6) is 0 Å². The van der Waals surface area contributed by atoms with Crippen LogP contribution in [0.1, 0.15) is 40.5 Å². The van der Waals surface area contributed by atoms with Crippen LogP contribution in [0.15, 0.2) is 0 Å². The molecule has 0 heterocycles. The van der Waals surface area contributed by atoms with Crippen molar-refractivity contribution in [2.24, 2.45) is 0 Å². The van der Waals surface area contributed by atoms with E-state index < -0.39 is 18.6 Å². The fourth-order valence-electron chi connectivity index (χ4n) is 1.18. The Labute approximate surface area is 100 Å². The van der Waals surface area contributed by atoms with E-state index in [-0.39, 0.29) is 24.4 Å². The molecule has 2 N–H and O–H groups in total. The molecule has 0 saturated heterocycles. The van der Waals surface area contributed by atoms with Crippen LogP contribution in [0.25, 0.3) is 0 Å². The highest BCUT2D eigenvalue weighted by Crippen LogP contribution is 2.20. The van der Waals surface area contributed by atoms with Gasteiger partial charge in [0.25, 0.3) is 0 Å². The molecule has 0 aromatic rings. The number of hydrogen-bond acceptors (Lipinski definition) is 2. The van der Waals surface area contributed by atoms with E-state index in [4.69, 9.17) is 0 Å². The van der Waals surface area contributed by atoms with Gasteiger partial charge in [-0.3, -0.25) is 4.79 Å². The summed E-state index contributed by atoms with van der Waals surface area (Å²) in [6.45, 7) is 7.36. The number of carbonyl (C=O) groups is 1. The Balaban J connectivity index is 3.80. The van der Waals surface area contributed by atoms with Gasteiger partial charge in [0.15, 0.2) is 0 Å². The topological polar surface area (TPSA) is 41.1 Å². The molecule has 0 spiro atoms. The van der Waals surface area contributed by atoms with Gasteiger partial charge < -0.3 is 10.6 Å². The lowest BCUT2D eigenvalue weighted by Gasteiger charge is -2.23. The normalized spacial score (nSPS) is 14.5. The summed E-state index contributed by atoms with van der Waals surface area (Å²) >= 11 is 0. The Morgan fingerprint density at radius 2 is 1.76 bits per heavy atom. The number of halogens is 3. The zero-order valence-electron chi connectivity index (χ0n) is 10.7. The second-order valence-corrected chi connectivity index (χ2v) is 5.13. The second kappa shape index (κ2) is 6.23. The standard InChI is InChI=1S/C11H21F3N2O/c1-8(9(17)16-10(2,3)4)15-7-5-6-11(12,13)14/h8,15H,5-7H2,1-4H3,(H,16,17). The lowest BCUT2D eigenvalue weighted by molar-refractivity contribution is -0.135. The Morgan fingerprint density at radius 1 is 1.24 bits per heavy atom. The molecule has 0 radical (unpaired) electrons. The van der Waals surface area contributed by atoms with Gasteiger partial charge in [-0.15, -0.1) is 0 Å². The average molecular weight is 254 g/mol. The number of rotatable bonds is 5. The number of amides is 1. The molecule has 102 valence electrons. The maximum absolute atomic E-state index is 11.9. The van der Waals surface area contributed by atoms with Gasteiger partial charge in [-0.25, -0.2) is 0 Å². The van der Waals surface area contributed by atoms with Crippen molar-refractivity contribution in [1.29, 1.82) is 0 Å². The van der Waals surface area contributed by atoms with Crippen LogP contribution in [0, 0.1) is 0 Å². The molecule has 0 aliphatic heterocycles. The summed E-state index contributed by atoms with van der Waals surface area (Å²) in [5.74, 6) is -0.204. The van der Waals surface area contributed by atoms with Gasteiger partial charge in [-0.05, 0) is 40.7 Å². The minimum atomic E-state index is -4.13. The maximum Gasteiger partial charge on any atom is 0.389 e. The third-order valence-corrected chi connectivity index (χ3v) is 1.98. The van der Waals surface area contributed by atoms with Crippen molar-refractivity contribution >= 4 is 5.91 Å². The smallest absolute Gasteiger partial charge is 0.350 e. The predicted molar refractivity (Wildman–Crippen MR) is 60.6 cm³/mol. The molecule has 0 aromatic carbocycles. The molecule has 0 aliphatic rings. The zero-order chi connectivity index (χ0) is 13.7. The summed E-state index contributed by atoms with van der Waals surface area (Å²) in [4.78, 5) is 11.6. The largest absolute Gasteiger partial charge is 0.389 e. The average Bonchev–Trinajstić information content (AvgIpc) is 2.07. The van der Waals surface area contributed by atoms with Gasteiger partial charge in [-0.2, -0.15) is 13.2 Å². The molecule has 17 heavy (non-hydrogen) atoms. The number of alkyl halides is 3. The molecular formula is C11H21F3N2O. The van der Waals surface area contributed by atoms with Crippen LogP contribution < -0.4 is 10.6 Å². The maximum atomic E-state index is 11.9. The van der Waals surface area contributed by atoms with E-state index in [0.717, 1.165) is 0 Å². The van der Waals surface area contributed by atoms with Crippen molar-refractivity contribution in [3.05, 3.63) is 0 Å². The number of nitrogens with one attached hydrogen (secondary N) is 2. The van der Waals surface area contributed by atoms with Crippen LogP contribution in [0.2, 0.25) is 0 Å².